The third kappa shape index (κ3) is 2.93. The Hall–Kier alpha value is -1.06. The van der Waals surface area contributed by atoms with Crippen LogP contribution in [0.3, 0.4) is 0 Å². The molecule has 0 bridgehead atoms. The zero-order chi connectivity index (χ0) is 13.1. The first kappa shape index (κ1) is 12.9. The standard InChI is InChI=1S/C16H22O3/c17-15(12-18-14-5-2-1-3-6-14)13-7-10-19-16(11-13)8-4-9-16/h1-3,5-6,13,15,17H,4,7-12H2. The van der Waals surface area contributed by atoms with Crippen molar-refractivity contribution in [2.45, 2.75) is 43.8 Å². The second-order valence-corrected chi connectivity index (χ2v) is 5.83. The van der Waals surface area contributed by atoms with E-state index in [2.05, 4.69) is 0 Å². The molecule has 2 unspecified atom stereocenters. The van der Waals surface area contributed by atoms with Crippen molar-refractivity contribution in [2.75, 3.05) is 13.2 Å². The quantitative estimate of drug-likeness (QED) is 0.906. The Balaban J connectivity index is 1.51. The summed E-state index contributed by atoms with van der Waals surface area (Å²) in [6, 6.07) is 9.69. The predicted molar refractivity (Wildman–Crippen MR) is 73.2 cm³/mol. The average molecular weight is 262 g/mol. The molecule has 1 aromatic rings. The van der Waals surface area contributed by atoms with E-state index >= 15 is 0 Å². The third-order valence-electron chi connectivity index (χ3n) is 4.50. The van der Waals surface area contributed by atoms with Crippen LogP contribution in [0.2, 0.25) is 0 Å². The number of para-hydroxylation sites is 1. The summed E-state index contributed by atoms with van der Waals surface area (Å²) >= 11 is 0. The normalized spacial score (nSPS) is 26.7. The average Bonchev–Trinajstić information content (AvgIpc) is 2.44. The highest BCUT2D eigenvalue weighted by atomic mass is 16.5. The second kappa shape index (κ2) is 5.51. The maximum atomic E-state index is 10.3. The van der Waals surface area contributed by atoms with Crippen LogP contribution in [-0.2, 0) is 4.74 Å². The van der Waals surface area contributed by atoms with Gasteiger partial charge in [-0.05, 0) is 50.2 Å². The number of ether oxygens (including phenoxy) is 2. The first-order chi connectivity index (χ1) is 9.27. The molecule has 1 aromatic carbocycles. The fraction of sp³-hybridized carbons (Fsp3) is 0.625. The van der Waals surface area contributed by atoms with Crippen molar-refractivity contribution in [1.82, 2.24) is 0 Å². The first-order valence-electron chi connectivity index (χ1n) is 7.27. The van der Waals surface area contributed by atoms with E-state index in [4.69, 9.17) is 9.47 Å². The number of benzene rings is 1. The highest BCUT2D eigenvalue weighted by Gasteiger charge is 2.44. The van der Waals surface area contributed by atoms with Gasteiger partial charge >= 0.3 is 0 Å². The predicted octanol–water partition coefficient (Wildman–Crippen LogP) is 2.78. The second-order valence-electron chi connectivity index (χ2n) is 5.83. The Kier molecular flexibility index (Phi) is 3.76. The molecular formula is C16H22O3. The van der Waals surface area contributed by atoms with Gasteiger partial charge in [0.1, 0.15) is 12.4 Å². The van der Waals surface area contributed by atoms with E-state index in [9.17, 15) is 5.11 Å². The molecule has 1 heterocycles. The van der Waals surface area contributed by atoms with Gasteiger partial charge in [-0.25, -0.2) is 0 Å². The van der Waals surface area contributed by atoms with Crippen LogP contribution in [0.25, 0.3) is 0 Å². The monoisotopic (exact) mass is 262 g/mol. The van der Waals surface area contributed by atoms with Crippen LogP contribution in [0.1, 0.15) is 32.1 Å². The highest BCUT2D eigenvalue weighted by molar-refractivity contribution is 5.20. The summed E-state index contributed by atoms with van der Waals surface area (Å²) < 4.78 is 11.5. The van der Waals surface area contributed by atoms with Crippen LogP contribution in [0, 0.1) is 5.92 Å². The summed E-state index contributed by atoms with van der Waals surface area (Å²) in [4.78, 5) is 0. The first-order valence-corrected chi connectivity index (χ1v) is 7.27. The summed E-state index contributed by atoms with van der Waals surface area (Å²) in [5.74, 6) is 1.14. The Morgan fingerprint density at radius 3 is 2.79 bits per heavy atom. The van der Waals surface area contributed by atoms with Gasteiger partial charge in [0.2, 0.25) is 0 Å². The molecule has 0 aromatic heterocycles. The van der Waals surface area contributed by atoms with Gasteiger partial charge in [0.25, 0.3) is 0 Å². The molecular weight excluding hydrogens is 240 g/mol. The molecule has 0 radical (unpaired) electrons. The van der Waals surface area contributed by atoms with E-state index in [0.29, 0.717) is 12.5 Å². The molecule has 1 aliphatic carbocycles. The van der Waals surface area contributed by atoms with Gasteiger partial charge in [0.05, 0.1) is 11.7 Å². The van der Waals surface area contributed by atoms with E-state index in [0.717, 1.165) is 38.0 Å². The molecule has 2 atom stereocenters. The number of aliphatic hydroxyl groups excluding tert-OH is 1. The van der Waals surface area contributed by atoms with Gasteiger partial charge in [-0.3, -0.25) is 0 Å². The third-order valence-corrected chi connectivity index (χ3v) is 4.50. The number of rotatable bonds is 4. The van der Waals surface area contributed by atoms with E-state index in [1.807, 2.05) is 30.3 Å². The highest BCUT2D eigenvalue weighted by Crippen LogP contribution is 2.44. The van der Waals surface area contributed by atoms with Crippen molar-refractivity contribution in [2.24, 2.45) is 5.92 Å². The van der Waals surface area contributed by atoms with E-state index in [1.54, 1.807) is 0 Å². The zero-order valence-electron chi connectivity index (χ0n) is 11.3. The lowest BCUT2D eigenvalue weighted by Crippen LogP contribution is -2.48. The summed E-state index contributed by atoms with van der Waals surface area (Å²) in [5.41, 5.74) is 0.0939. The summed E-state index contributed by atoms with van der Waals surface area (Å²) in [6.07, 6.45) is 5.14. The molecule has 1 saturated carbocycles. The molecule has 3 rings (SSSR count). The van der Waals surface area contributed by atoms with Crippen molar-refractivity contribution in [3.05, 3.63) is 30.3 Å². The van der Waals surface area contributed by atoms with Crippen LogP contribution >= 0.6 is 0 Å². The maximum Gasteiger partial charge on any atom is 0.119 e. The SMILES string of the molecule is OC(COc1ccccc1)C1CCOC2(CCC2)C1. The lowest BCUT2D eigenvalue weighted by atomic mass is 9.71. The van der Waals surface area contributed by atoms with Crippen molar-refractivity contribution < 1.29 is 14.6 Å². The molecule has 2 fully saturated rings. The van der Waals surface area contributed by atoms with Gasteiger partial charge in [-0.2, -0.15) is 0 Å². The van der Waals surface area contributed by atoms with Crippen LogP contribution < -0.4 is 4.74 Å². The van der Waals surface area contributed by atoms with Crippen LogP contribution in [0.5, 0.6) is 5.75 Å². The van der Waals surface area contributed by atoms with Gasteiger partial charge < -0.3 is 14.6 Å². The van der Waals surface area contributed by atoms with E-state index < -0.39 is 0 Å². The zero-order valence-corrected chi connectivity index (χ0v) is 11.3. The maximum absolute atomic E-state index is 10.3. The van der Waals surface area contributed by atoms with Crippen LogP contribution in [-0.4, -0.2) is 30.0 Å². The molecule has 0 amide bonds. The Labute approximate surface area is 114 Å². The molecule has 1 aliphatic heterocycles. The Bertz CT molecular complexity index is 400. The number of aliphatic hydroxyl groups is 1. The topological polar surface area (TPSA) is 38.7 Å². The van der Waals surface area contributed by atoms with E-state index in [-0.39, 0.29) is 11.7 Å². The smallest absolute Gasteiger partial charge is 0.119 e. The molecule has 104 valence electrons. The summed E-state index contributed by atoms with van der Waals surface area (Å²) in [5, 5.41) is 10.3. The minimum atomic E-state index is -0.387. The van der Waals surface area contributed by atoms with E-state index in [1.165, 1.54) is 6.42 Å². The molecule has 19 heavy (non-hydrogen) atoms. The van der Waals surface area contributed by atoms with Gasteiger partial charge in [-0.15, -0.1) is 0 Å². The summed E-state index contributed by atoms with van der Waals surface area (Å²) in [6.45, 7) is 1.16. The lowest BCUT2D eigenvalue weighted by molar-refractivity contribution is -0.158. The molecule has 2 aliphatic rings. The van der Waals surface area contributed by atoms with Crippen LogP contribution in [0.15, 0.2) is 30.3 Å². The number of hydrogen-bond donors (Lipinski definition) is 1. The molecule has 1 N–H and O–H groups in total. The minimum absolute atomic E-state index is 0.0939. The molecule has 1 spiro atoms. The van der Waals surface area contributed by atoms with Gasteiger partial charge in [0.15, 0.2) is 0 Å². The van der Waals surface area contributed by atoms with Crippen molar-refractivity contribution in [3.63, 3.8) is 0 Å². The largest absolute Gasteiger partial charge is 0.491 e. The fourth-order valence-electron chi connectivity index (χ4n) is 3.15. The van der Waals surface area contributed by atoms with Crippen molar-refractivity contribution >= 4 is 0 Å². The van der Waals surface area contributed by atoms with Crippen molar-refractivity contribution in [1.29, 1.82) is 0 Å². The molecule has 1 saturated heterocycles. The van der Waals surface area contributed by atoms with Gasteiger partial charge in [-0.1, -0.05) is 18.2 Å². The lowest BCUT2D eigenvalue weighted by Gasteiger charge is -2.48. The van der Waals surface area contributed by atoms with Crippen LogP contribution in [0.4, 0.5) is 0 Å². The minimum Gasteiger partial charge on any atom is -0.491 e. The number of hydrogen-bond acceptors (Lipinski definition) is 3. The Morgan fingerprint density at radius 1 is 1.32 bits per heavy atom. The van der Waals surface area contributed by atoms with Gasteiger partial charge in [0, 0.05) is 6.61 Å². The summed E-state index contributed by atoms with van der Waals surface area (Å²) in [7, 11) is 0. The molecule has 3 heteroatoms. The molecule has 3 nitrogen and oxygen atoms in total. The fourth-order valence-corrected chi connectivity index (χ4v) is 3.15. The van der Waals surface area contributed by atoms with Crippen molar-refractivity contribution in [3.8, 4) is 5.75 Å². The Morgan fingerprint density at radius 2 is 2.11 bits per heavy atom.